The standard InChI is InChI=1S/C11H15NO/c1-2-9-4-3-5-10(8-9)11(12)6-7-13/h2-5,8,11,13H,1,6-7,12H2/t11-/m1/s1. The minimum Gasteiger partial charge on any atom is -0.396 e. The molecule has 0 amide bonds. The van der Waals surface area contributed by atoms with E-state index in [1.165, 1.54) is 0 Å². The first-order valence-electron chi connectivity index (χ1n) is 4.36. The summed E-state index contributed by atoms with van der Waals surface area (Å²) in [4.78, 5) is 0. The van der Waals surface area contributed by atoms with Gasteiger partial charge >= 0.3 is 0 Å². The van der Waals surface area contributed by atoms with Crippen molar-refractivity contribution >= 4 is 6.08 Å². The van der Waals surface area contributed by atoms with E-state index in [4.69, 9.17) is 10.8 Å². The van der Waals surface area contributed by atoms with E-state index < -0.39 is 0 Å². The Morgan fingerprint density at radius 3 is 2.92 bits per heavy atom. The molecule has 0 heterocycles. The van der Waals surface area contributed by atoms with Crippen molar-refractivity contribution in [3.8, 4) is 0 Å². The number of aliphatic hydroxyl groups excluding tert-OH is 1. The van der Waals surface area contributed by atoms with Gasteiger partial charge in [-0.05, 0) is 17.5 Å². The molecular formula is C11H15NO. The first kappa shape index (κ1) is 9.96. The summed E-state index contributed by atoms with van der Waals surface area (Å²) in [6, 6.07) is 7.80. The Morgan fingerprint density at radius 2 is 2.31 bits per heavy atom. The van der Waals surface area contributed by atoms with Gasteiger partial charge in [0, 0.05) is 12.6 Å². The molecule has 0 saturated carbocycles. The lowest BCUT2D eigenvalue weighted by Gasteiger charge is -2.10. The quantitative estimate of drug-likeness (QED) is 0.735. The minimum absolute atomic E-state index is 0.0788. The van der Waals surface area contributed by atoms with Gasteiger partial charge in [-0.1, -0.05) is 36.9 Å². The monoisotopic (exact) mass is 177 g/mol. The van der Waals surface area contributed by atoms with E-state index in [0.29, 0.717) is 6.42 Å². The third kappa shape index (κ3) is 2.68. The third-order valence-electron chi connectivity index (χ3n) is 2.01. The highest BCUT2D eigenvalue weighted by molar-refractivity contribution is 5.48. The maximum absolute atomic E-state index is 8.72. The molecule has 2 heteroatoms. The second kappa shape index (κ2) is 4.80. The summed E-state index contributed by atoms with van der Waals surface area (Å²) < 4.78 is 0. The van der Waals surface area contributed by atoms with Crippen molar-refractivity contribution in [3.63, 3.8) is 0 Å². The van der Waals surface area contributed by atoms with E-state index in [1.807, 2.05) is 24.3 Å². The van der Waals surface area contributed by atoms with Gasteiger partial charge < -0.3 is 10.8 Å². The Kier molecular flexibility index (Phi) is 3.68. The van der Waals surface area contributed by atoms with Crippen LogP contribution in [0.15, 0.2) is 30.8 Å². The molecule has 0 fully saturated rings. The van der Waals surface area contributed by atoms with Crippen molar-refractivity contribution in [3.05, 3.63) is 42.0 Å². The molecule has 13 heavy (non-hydrogen) atoms. The van der Waals surface area contributed by atoms with Gasteiger partial charge in [-0.3, -0.25) is 0 Å². The van der Waals surface area contributed by atoms with E-state index in [9.17, 15) is 0 Å². The Bertz CT molecular complexity index is 283. The van der Waals surface area contributed by atoms with Gasteiger partial charge in [-0.25, -0.2) is 0 Å². The third-order valence-corrected chi connectivity index (χ3v) is 2.01. The molecule has 0 unspecified atom stereocenters. The molecule has 1 rings (SSSR count). The molecule has 1 aromatic carbocycles. The lowest BCUT2D eigenvalue weighted by molar-refractivity contribution is 0.276. The molecule has 0 radical (unpaired) electrons. The zero-order chi connectivity index (χ0) is 9.68. The number of aliphatic hydroxyl groups is 1. The van der Waals surface area contributed by atoms with E-state index in [2.05, 4.69) is 6.58 Å². The molecule has 2 nitrogen and oxygen atoms in total. The van der Waals surface area contributed by atoms with Crippen molar-refractivity contribution in [2.24, 2.45) is 5.73 Å². The van der Waals surface area contributed by atoms with E-state index in [1.54, 1.807) is 6.08 Å². The van der Waals surface area contributed by atoms with Crippen molar-refractivity contribution in [2.45, 2.75) is 12.5 Å². The maximum Gasteiger partial charge on any atom is 0.0449 e. The lowest BCUT2D eigenvalue weighted by atomic mass is 10.0. The molecule has 0 aliphatic heterocycles. The highest BCUT2D eigenvalue weighted by Crippen LogP contribution is 2.15. The van der Waals surface area contributed by atoms with Crippen molar-refractivity contribution < 1.29 is 5.11 Å². The van der Waals surface area contributed by atoms with Gasteiger partial charge in [-0.15, -0.1) is 0 Å². The zero-order valence-corrected chi connectivity index (χ0v) is 7.61. The molecule has 3 N–H and O–H groups in total. The number of benzene rings is 1. The second-order valence-electron chi connectivity index (χ2n) is 2.99. The van der Waals surface area contributed by atoms with Crippen molar-refractivity contribution in [1.82, 2.24) is 0 Å². The van der Waals surface area contributed by atoms with Crippen molar-refractivity contribution in [2.75, 3.05) is 6.61 Å². The molecule has 0 spiro atoms. The predicted molar refractivity (Wildman–Crippen MR) is 55.2 cm³/mol. The van der Waals surface area contributed by atoms with Gasteiger partial charge in [0.25, 0.3) is 0 Å². The van der Waals surface area contributed by atoms with Crippen LogP contribution >= 0.6 is 0 Å². The average molecular weight is 177 g/mol. The van der Waals surface area contributed by atoms with Crippen LogP contribution in [0.4, 0.5) is 0 Å². The summed E-state index contributed by atoms with van der Waals surface area (Å²) in [5.41, 5.74) is 7.94. The summed E-state index contributed by atoms with van der Waals surface area (Å²) in [5, 5.41) is 8.72. The van der Waals surface area contributed by atoms with Crippen LogP contribution in [0.5, 0.6) is 0 Å². The molecule has 0 aromatic heterocycles. The molecule has 0 bridgehead atoms. The zero-order valence-electron chi connectivity index (χ0n) is 7.61. The number of rotatable bonds is 4. The Morgan fingerprint density at radius 1 is 1.54 bits per heavy atom. The van der Waals surface area contributed by atoms with Crippen LogP contribution < -0.4 is 5.73 Å². The topological polar surface area (TPSA) is 46.2 Å². The van der Waals surface area contributed by atoms with Crippen LogP contribution in [-0.4, -0.2) is 11.7 Å². The van der Waals surface area contributed by atoms with Gasteiger partial charge in [0.1, 0.15) is 0 Å². The fourth-order valence-corrected chi connectivity index (χ4v) is 1.22. The smallest absolute Gasteiger partial charge is 0.0449 e. The summed E-state index contributed by atoms with van der Waals surface area (Å²) in [6.45, 7) is 3.81. The van der Waals surface area contributed by atoms with Crippen molar-refractivity contribution in [1.29, 1.82) is 0 Å². The predicted octanol–water partition coefficient (Wildman–Crippen LogP) is 1.71. The van der Waals surface area contributed by atoms with Crippen LogP contribution in [0.1, 0.15) is 23.6 Å². The normalized spacial score (nSPS) is 12.5. The number of hydrogen-bond donors (Lipinski definition) is 2. The Balaban J connectivity index is 2.81. The number of nitrogens with two attached hydrogens (primary N) is 1. The van der Waals surface area contributed by atoms with Crippen LogP contribution in [0, 0.1) is 0 Å². The molecule has 0 aliphatic rings. The highest BCUT2D eigenvalue weighted by atomic mass is 16.3. The molecular weight excluding hydrogens is 162 g/mol. The summed E-state index contributed by atoms with van der Waals surface area (Å²) in [6.07, 6.45) is 2.38. The Labute approximate surface area is 78.7 Å². The average Bonchev–Trinajstić information content (AvgIpc) is 2.18. The van der Waals surface area contributed by atoms with Crippen LogP contribution in [0.3, 0.4) is 0 Å². The van der Waals surface area contributed by atoms with Gasteiger partial charge in [-0.2, -0.15) is 0 Å². The van der Waals surface area contributed by atoms with Crippen LogP contribution in [-0.2, 0) is 0 Å². The fraction of sp³-hybridized carbons (Fsp3) is 0.273. The lowest BCUT2D eigenvalue weighted by Crippen LogP contribution is -2.11. The molecule has 1 atom stereocenters. The summed E-state index contributed by atoms with van der Waals surface area (Å²) in [5.74, 6) is 0. The molecule has 0 saturated heterocycles. The van der Waals surface area contributed by atoms with E-state index in [0.717, 1.165) is 11.1 Å². The van der Waals surface area contributed by atoms with Gasteiger partial charge in [0.05, 0.1) is 0 Å². The second-order valence-corrected chi connectivity index (χ2v) is 2.99. The molecule has 1 aromatic rings. The van der Waals surface area contributed by atoms with Crippen LogP contribution in [0.25, 0.3) is 6.08 Å². The van der Waals surface area contributed by atoms with Gasteiger partial charge in [0.2, 0.25) is 0 Å². The fourth-order valence-electron chi connectivity index (χ4n) is 1.22. The highest BCUT2D eigenvalue weighted by Gasteiger charge is 2.04. The van der Waals surface area contributed by atoms with Gasteiger partial charge in [0.15, 0.2) is 0 Å². The molecule has 70 valence electrons. The minimum atomic E-state index is -0.0788. The summed E-state index contributed by atoms with van der Waals surface area (Å²) in [7, 11) is 0. The molecule has 0 aliphatic carbocycles. The van der Waals surface area contributed by atoms with Crippen LogP contribution in [0.2, 0.25) is 0 Å². The largest absolute Gasteiger partial charge is 0.396 e. The van der Waals surface area contributed by atoms with E-state index in [-0.39, 0.29) is 12.6 Å². The summed E-state index contributed by atoms with van der Waals surface area (Å²) >= 11 is 0. The maximum atomic E-state index is 8.72. The Hall–Kier alpha value is -1.12. The number of hydrogen-bond acceptors (Lipinski definition) is 2. The first-order valence-corrected chi connectivity index (χ1v) is 4.36. The SMILES string of the molecule is C=Cc1cccc([C@H](N)CCO)c1. The van der Waals surface area contributed by atoms with E-state index >= 15 is 0 Å². The first-order chi connectivity index (χ1) is 6.27.